The van der Waals surface area contributed by atoms with Crippen LogP contribution in [0.25, 0.3) is 0 Å². The Balaban J connectivity index is 3.40. The molecule has 4 nitrogen and oxygen atoms in total. The number of carboxylic acids is 1. The molecule has 0 spiro atoms. The lowest BCUT2D eigenvalue weighted by Gasteiger charge is -2.12. The Bertz CT molecular complexity index is 410. The van der Waals surface area contributed by atoms with Crippen LogP contribution in [0.3, 0.4) is 0 Å². The topological polar surface area (TPSA) is 55.8 Å². The van der Waals surface area contributed by atoms with E-state index in [9.17, 15) is 4.79 Å². The first-order chi connectivity index (χ1) is 7.63. The van der Waals surface area contributed by atoms with Crippen molar-refractivity contribution in [1.82, 2.24) is 0 Å². The Morgan fingerprint density at radius 2 is 2.12 bits per heavy atom. The normalized spacial score (nSPS) is 9.62. The molecular formula is C12H14O4. The van der Waals surface area contributed by atoms with Crippen molar-refractivity contribution in [3.05, 3.63) is 35.9 Å². The molecule has 4 heteroatoms. The Kier molecular flexibility index (Phi) is 3.94. The lowest BCUT2D eigenvalue weighted by Crippen LogP contribution is -2.05. The van der Waals surface area contributed by atoms with E-state index in [0.29, 0.717) is 23.5 Å². The standard InChI is InChI=1S/C12H14O4/c1-4-5-9-10(12(13)14)6-8(15-2)7-11(9)16-3/h4,6-7H,1,5H2,2-3H3,(H,13,14). The second kappa shape index (κ2) is 5.21. The van der Waals surface area contributed by atoms with Gasteiger partial charge in [0.05, 0.1) is 19.8 Å². The summed E-state index contributed by atoms with van der Waals surface area (Å²) in [5.74, 6) is -0.0484. The first-order valence-electron chi connectivity index (χ1n) is 4.73. The highest BCUT2D eigenvalue weighted by Crippen LogP contribution is 2.29. The molecule has 1 N–H and O–H groups in total. The molecule has 16 heavy (non-hydrogen) atoms. The molecule has 0 unspecified atom stereocenters. The van der Waals surface area contributed by atoms with Crippen LogP contribution in [-0.2, 0) is 6.42 Å². The van der Waals surface area contributed by atoms with Crippen LogP contribution in [-0.4, -0.2) is 25.3 Å². The van der Waals surface area contributed by atoms with Gasteiger partial charge in [0.25, 0.3) is 0 Å². The Labute approximate surface area is 94.1 Å². The maximum absolute atomic E-state index is 11.1. The second-order valence-corrected chi connectivity index (χ2v) is 3.15. The van der Waals surface area contributed by atoms with Gasteiger partial charge in [-0.25, -0.2) is 4.79 Å². The highest BCUT2D eigenvalue weighted by molar-refractivity contribution is 5.91. The number of hydrogen-bond acceptors (Lipinski definition) is 3. The van der Waals surface area contributed by atoms with E-state index >= 15 is 0 Å². The summed E-state index contributed by atoms with van der Waals surface area (Å²) in [7, 11) is 2.97. The van der Waals surface area contributed by atoms with Crippen LogP contribution in [0.1, 0.15) is 15.9 Å². The Morgan fingerprint density at radius 1 is 1.44 bits per heavy atom. The van der Waals surface area contributed by atoms with Gasteiger partial charge in [0, 0.05) is 11.6 Å². The minimum Gasteiger partial charge on any atom is -0.497 e. The fourth-order valence-corrected chi connectivity index (χ4v) is 1.47. The number of carbonyl (C=O) groups is 1. The predicted molar refractivity (Wildman–Crippen MR) is 60.4 cm³/mol. The van der Waals surface area contributed by atoms with Crippen molar-refractivity contribution in [3.8, 4) is 11.5 Å². The van der Waals surface area contributed by atoms with Gasteiger partial charge in [-0.1, -0.05) is 6.08 Å². The van der Waals surface area contributed by atoms with Crippen LogP contribution >= 0.6 is 0 Å². The van der Waals surface area contributed by atoms with E-state index in [1.807, 2.05) is 0 Å². The van der Waals surface area contributed by atoms with Crippen molar-refractivity contribution >= 4 is 5.97 Å². The zero-order valence-corrected chi connectivity index (χ0v) is 9.32. The molecule has 0 heterocycles. The van der Waals surface area contributed by atoms with E-state index in [2.05, 4.69) is 6.58 Å². The highest BCUT2D eigenvalue weighted by atomic mass is 16.5. The van der Waals surface area contributed by atoms with E-state index in [4.69, 9.17) is 14.6 Å². The number of aromatic carboxylic acids is 1. The Hall–Kier alpha value is -1.97. The van der Waals surface area contributed by atoms with Crippen molar-refractivity contribution in [2.45, 2.75) is 6.42 Å². The number of carboxylic acid groups (broad SMARTS) is 1. The molecule has 0 aliphatic rings. The molecule has 0 radical (unpaired) electrons. The van der Waals surface area contributed by atoms with Crippen molar-refractivity contribution in [2.24, 2.45) is 0 Å². The molecule has 0 aromatic heterocycles. The first kappa shape index (κ1) is 12.1. The number of ether oxygens (including phenoxy) is 2. The predicted octanol–water partition coefficient (Wildman–Crippen LogP) is 2.13. The van der Waals surface area contributed by atoms with E-state index in [1.54, 1.807) is 12.1 Å². The van der Waals surface area contributed by atoms with Crippen LogP contribution in [0, 0.1) is 0 Å². The van der Waals surface area contributed by atoms with Gasteiger partial charge in [-0.2, -0.15) is 0 Å². The fourth-order valence-electron chi connectivity index (χ4n) is 1.47. The maximum atomic E-state index is 11.1. The van der Waals surface area contributed by atoms with Crippen molar-refractivity contribution in [2.75, 3.05) is 14.2 Å². The van der Waals surface area contributed by atoms with Crippen LogP contribution < -0.4 is 9.47 Å². The van der Waals surface area contributed by atoms with Gasteiger partial charge < -0.3 is 14.6 Å². The smallest absolute Gasteiger partial charge is 0.336 e. The van der Waals surface area contributed by atoms with Gasteiger partial charge in [-0.05, 0) is 12.5 Å². The molecule has 1 aromatic carbocycles. The van der Waals surface area contributed by atoms with Gasteiger partial charge in [0.2, 0.25) is 0 Å². The molecule has 0 atom stereocenters. The van der Waals surface area contributed by atoms with Gasteiger partial charge in [-0.3, -0.25) is 0 Å². The molecule has 0 bridgehead atoms. The molecule has 0 saturated heterocycles. The first-order valence-corrected chi connectivity index (χ1v) is 4.73. The molecule has 1 rings (SSSR count). The molecule has 0 aliphatic carbocycles. The molecule has 86 valence electrons. The largest absolute Gasteiger partial charge is 0.497 e. The highest BCUT2D eigenvalue weighted by Gasteiger charge is 2.16. The van der Waals surface area contributed by atoms with Crippen molar-refractivity contribution < 1.29 is 19.4 Å². The number of methoxy groups -OCH3 is 2. The van der Waals surface area contributed by atoms with Gasteiger partial charge >= 0.3 is 5.97 Å². The third-order valence-corrected chi connectivity index (χ3v) is 2.22. The summed E-state index contributed by atoms with van der Waals surface area (Å²) in [6.07, 6.45) is 2.07. The second-order valence-electron chi connectivity index (χ2n) is 3.15. The third-order valence-electron chi connectivity index (χ3n) is 2.22. The molecular weight excluding hydrogens is 208 g/mol. The van der Waals surface area contributed by atoms with Crippen LogP contribution in [0.15, 0.2) is 24.8 Å². The summed E-state index contributed by atoms with van der Waals surface area (Å²) in [5, 5.41) is 9.09. The number of hydrogen-bond donors (Lipinski definition) is 1. The summed E-state index contributed by atoms with van der Waals surface area (Å²) >= 11 is 0. The summed E-state index contributed by atoms with van der Waals surface area (Å²) < 4.78 is 10.2. The summed E-state index contributed by atoms with van der Waals surface area (Å²) in [5.41, 5.74) is 0.780. The third kappa shape index (κ3) is 2.34. The summed E-state index contributed by atoms with van der Waals surface area (Å²) in [6, 6.07) is 3.13. The zero-order valence-electron chi connectivity index (χ0n) is 9.32. The Morgan fingerprint density at radius 3 is 2.56 bits per heavy atom. The van der Waals surface area contributed by atoms with Crippen LogP contribution in [0.4, 0.5) is 0 Å². The summed E-state index contributed by atoms with van der Waals surface area (Å²) in [6.45, 7) is 3.59. The average Bonchev–Trinajstić information content (AvgIpc) is 2.29. The number of allylic oxidation sites excluding steroid dienone is 1. The van der Waals surface area contributed by atoms with E-state index in [1.165, 1.54) is 20.3 Å². The molecule has 0 fully saturated rings. The SMILES string of the molecule is C=CCc1c(OC)cc(OC)cc1C(=O)O. The van der Waals surface area contributed by atoms with E-state index in [0.717, 1.165) is 0 Å². The minimum atomic E-state index is -1.01. The lowest BCUT2D eigenvalue weighted by atomic mass is 10.0. The van der Waals surface area contributed by atoms with Crippen molar-refractivity contribution in [3.63, 3.8) is 0 Å². The number of rotatable bonds is 5. The number of benzene rings is 1. The van der Waals surface area contributed by atoms with Gasteiger partial charge in [0.15, 0.2) is 0 Å². The van der Waals surface area contributed by atoms with Crippen molar-refractivity contribution in [1.29, 1.82) is 0 Å². The van der Waals surface area contributed by atoms with Gasteiger partial charge in [0.1, 0.15) is 11.5 Å². The monoisotopic (exact) mass is 222 g/mol. The minimum absolute atomic E-state index is 0.177. The summed E-state index contributed by atoms with van der Waals surface area (Å²) in [4.78, 5) is 11.1. The quantitative estimate of drug-likeness (QED) is 0.775. The zero-order chi connectivity index (χ0) is 12.1. The maximum Gasteiger partial charge on any atom is 0.336 e. The van der Waals surface area contributed by atoms with E-state index in [-0.39, 0.29) is 5.56 Å². The lowest BCUT2D eigenvalue weighted by molar-refractivity contribution is 0.0695. The molecule has 0 saturated carbocycles. The molecule has 1 aromatic rings. The van der Waals surface area contributed by atoms with E-state index < -0.39 is 5.97 Å². The van der Waals surface area contributed by atoms with Gasteiger partial charge in [-0.15, -0.1) is 6.58 Å². The van der Waals surface area contributed by atoms with Crippen LogP contribution in [0.5, 0.6) is 11.5 Å². The molecule has 0 aliphatic heterocycles. The van der Waals surface area contributed by atoms with Crippen LogP contribution in [0.2, 0.25) is 0 Å². The molecule has 0 amide bonds. The average molecular weight is 222 g/mol. The fraction of sp³-hybridized carbons (Fsp3) is 0.250.